The molecule has 2 heteroatoms. The molecule has 0 amide bonds. The molecule has 1 fully saturated rings. The lowest BCUT2D eigenvalue weighted by molar-refractivity contribution is -0.138. The normalized spacial score (nSPS) is 26.8. The smallest absolute Gasteiger partial charge is 0.307 e. The van der Waals surface area contributed by atoms with Crippen molar-refractivity contribution in [2.75, 3.05) is 0 Å². The van der Waals surface area contributed by atoms with Crippen LogP contribution < -0.4 is 0 Å². The summed E-state index contributed by atoms with van der Waals surface area (Å²) < 4.78 is 0. The third kappa shape index (κ3) is 1.10. The van der Waals surface area contributed by atoms with E-state index in [9.17, 15) is 9.90 Å². The summed E-state index contributed by atoms with van der Waals surface area (Å²) in [5.41, 5.74) is 4.82. The molecule has 2 nitrogen and oxygen atoms in total. The molecule has 2 aromatic rings. The molecule has 2 atom stereocenters. The van der Waals surface area contributed by atoms with Crippen LogP contribution in [-0.4, -0.2) is 11.1 Å². The van der Waals surface area contributed by atoms with Gasteiger partial charge in [-0.3, -0.25) is 4.79 Å². The third-order valence-electron chi connectivity index (χ3n) is 4.23. The van der Waals surface area contributed by atoms with Crippen molar-refractivity contribution < 1.29 is 9.90 Å². The van der Waals surface area contributed by atoms with E-state index in [0.717, 1.165) is 0 Å². The minimum Gasteiger partial charge on any atom is -0.481 e. The van der Waals surface area contributed by atoms with Crippen LogP contribution in [0.3, 0.4) is 0 Å². The maximum absolute atomic E-state index is 11.3. The first-order valence-electron chi connectivity index (χ1n) is 6.20. The van der Waals surface area contributed by atoms with Gasteiger partial charge in [0.05, 0.1) is 5.92 Å². The fourth-order valence-electron chi connectivity index (χ4n) is 3.46. The molecular formula is C16H12O2. The number of carboxylic acid groups (broad SMARTS) is 1. The van der Waals surface area contributed by atoms with Gasteiger partial charge in [0.25, 0.3) is 0 Å². The molecular weight excluding hydrogens is 224 g/mol. The van der Waals surface area contributed by atoms with Crippen LogP contribution in [0.5, 0.6) is 0 Å². The van der Waals surface area contributed by atoms with Gasteiger partial charge in [-0.15, -0.1) is 0 Å². The van der Waals surface area contributed by atoms with Crippen LogP contribution in [0.25, 0.3) is 11.1 Å². The highest BCUT2D eigenvalue weighted by molar-refractivity contribution is 5.86. The Kier molecular flexibility index (Phi) is 1.77. The maximum Gasteiger partial charge on any atom is 0.307 e. The Labute approximate surface area is 105 Å². The first kappa shape index (κ1) is 9.89. The zero-order valence-electron chi connectivity index (χ0n) is 9.71. The largest absolute Gasteiger partial charge is 0.481 e. The van der Waals surface area contributed by atoms with E-state index in [2.05, 4.69) is 24.3 Å². The van der Waals surface area contributed by atoms with Crippen LogP contribution in [-0.2, 0) is 4.79 Å². The van der Waals surface area contributed by atoms with Crippen LogP contribution in [0.15, 0.2) is 48.5 Å². The lowest BCUT2D eigenvalue weighted by Gasteiger charge is -2.18. The Morgan fingerprint density at radius 2 is 1.28 bits per heavy atom. The molecule has 1 N–H and O–H groups in total. The second-order valence-corrected chi connectivity index (χ2v) is 5.09. The average Bonchev–Trinajstić information content (AvgIpc) is 3.15. The molecule has 0 saturated heterocycles. The monoisotopic (exact) mass is 236 g/mol. The summed E-state index contributed by atoms with van der Waals surface area (Å²) in [6.45, 7) is 0. The van der Waals surface area contributed by atoms with Crippen molar-refractivity contribution in [3.05, 3.63) is 59.7 Å². The first-order valence-corrected chi connectivity index (χ1v) is 6.20. The summed E-state index contributed by atoms with van der Waals surface area (Å²) in [4.78, 5) is 11.3. The number of fused-ring (bicyclic) bond motifs is 6. The molecule has 18 heavy (non-hydrogen) atoms. The molecule has 2 unspecified atom stereocenters. The highest BCUT2D eigenvalue weighted by atomic mass is 16.4. The van der Waals surface area contributed by atoms with Gasteiger partial charge >= 0.3 is 5.97 Å². The van der Waals surface area contributed by atoms with Gasteiger partial charge < -0.3 is 5.11 Å². The van der Waals surface area contributed by atoms with Gasteiger partial charge in [-0.2, -0.15) is 0 Å². The molecule has 4 rings (SSSR count). The molecule has 0 radical (unpaired) electrons. The van der Waals surface area contributed by atoms with E-state index in [0.29, 0.717) is 0 Å². The highest BCUT2D eigenvalue weighted by Crippen LogP contribution is 2.66. The molecule has 0 aliphatic heterocycles. The van der Waals surface area contributed by atoms with Crippen molar-refractivity contribution in [2.45, 2.75) is 11.8 Å². The maximum atomic E-state index is 11.3. The predicted octanol–water partition coefficient (Wildman–Crippen LogP) is 3.25. The van der Waals surface area contributed by atoms with Gasteiger partial charge in [-0.25, -0.2) is 0 Å². The molecule has 0 aromatic heterocycles. The molecule has 88 valence electrons. The van der Waals surface area contributed by atoms with Gasteiger partial charge in [0.1, 0.15) is 0 Å². The fraction of sp³-hybridized carbons (Fsp3) is 0.188. The second kappa shape index (κ2) is 3.22. The number of benzene rings is 2. The number of aliphatic carboxylic acids is 1. The van der Waals surface area contributed by atoms with E-state index < -0.39 is 5.97 Å². The molecule has 0 bridgehead atoms. The highest BCUT2D eigenvalue weighted by Gasteiger charge is 2.59. The summed E-state index contributed by atoms with van der Waals surface area (Å²) in [6.07, 6.45) is 0. The Bertz CT molecular complexity index is 608. The Hall–Kier alpha value is -2.09. The Morgan fingerprint density at radius 3 is 1.72 bits per heavy atom. The molecule has 2 aliphatic carbocycles. The van der Waals surface area contributed by atoms with Gasteiger partial charge in [0.2, 0.25) is 0 Å². The second-order valence-electron chi connectivity index (χ2n) is 5.09. The lowest BCUT2D eigenvalue weighted by atomic mass is 9.86. The van der Waals surface area contributed by atoms with Gasteiger partial charge in [0.15, 0.2) is 0 Å². The van der Waals surface area contributed by atoms with Gasteiger partial charge in [-0.1, -0.05) is 48.5 Å². The number of rotatable bonds is 1. The lowest BCUT2D eigenvalue weighted by Crippen LogP contribution is -1.99. The third-order valence-corrected chi connectivity index (χ3v) is 4.23. The minimum absolute atomic E-state index is 0.175. The molecule has 1 saturated carbocycles. The number of hydrogen-bond acceptors (Lipinski definition) is 1. The summed E-state index contributed by atoms with van der Waals surface area (Å²) in [7, 11) is 0. The van der Waals surface area contributed by atoms with Crippen LogP contribution in [0, 0.1) is 5.92 Å². The standard InChI is InChI=1S/C16H12O2/c17-16(18)15-13-11-7-3-1-5-9(11)10-6-2-4-8-12(10)14(13)15/h1-8,13-15H,(H,17,18). The van der Waals surface area contributed by atoms with Crippen LogP contribution in [0.1, 0.15) is 23.0 Å². The van der Waals surface area contributed by atoms with Crippen LogP contribution in [0.2, 0.25) is 0 Å². The molecule has 2 aliphatic rings. The summed E-state index contributed by atoms with van der Waals surface area (Å²) in [6, 6.07) is 16.4. The van der Waals surface area contributed by atoms with Crippen LogP contribution >= 0.6 is 0 Å². The first-order chi connectivity index (χ1) is 8.79. The van der Waals surface area contributed by atoms with E-state index in [1.54, 1.807) is 0 Å². The van der Waals surface area contributed by atoms with E-state index >= 15 is 0 Å². The zero-order valence-corrected chi connectivity index (χ0v) is 9.71. The van der Waals surface area contributed by atoms with E-state index in [-0.39, 0.29) is 17.8 Å². The Morgan fingerprint density at radius 1 is 0.833 bits per heavy atom. The number of carboxylic acids is 1. The molecule has 0 heterocycles. The number of hydrogen-bond donors (Lipinski definition) is 1. The number of carbonyl (C=O) groups is 1. The minimum atomic E-state index is -0.670. The molecule has 2 aromatic carbocycles. The van der Waals surface area contributed by atoms with E-state index in [1.165, 1.54) is 22.3 Å². The van der Waals surface area contributed by atoms with Crippen molar-refractivity contribution in [3.8, 4) is 11.1 Å². The van der Waals surface area contributed by atoms with Crippen molar-refractivity contribution in [2.24, 2.45) is 5.92 Å². The Balaban J connectivity index is 2.00. The predicted molar refractivity (Wildman–Crippen MR) is 68.5 cm³/mol. The van der Waals surface area contributed by atoms with Gasteiger partial charge in [-0.05, 0) is 22.3 Å². The van der Waals surface area contributed by atoms with E-state index in [1.807, 2.05) is 24.3 Å². The quantitative estimate of drug-likeness (QED) is 0.825. The van der Waals surface area contributed by atoms with Crippen molar-refractivity contribution in [1.82, 2.24) is 0 Å². The molecule has 0 spiro atoms. The van der Waals surface area contributed by atoms with Crippen LogP contribution in [0.4, 0.5) is 0 Å². The van der Waals surface area contributed by atoms with Gasteiger partial charge in [0, 0.05) is 11.8 Å². The summed E-state index contributed by atoms with van der Waals surface area (Å²) in [5, 5.41) is 9.34. The van der Waals surface area contributed by atoms with Crippen molar-refractivity contribution in [1.29, 1.82) is 0 Å². The van der Waals surface area contributed by atoms with Crippen molar-refractivity contribution in [3.63, 3.8) is 0 Å². The average molecular weight is 236 g/mol. The van der Waals surface area contributed by atoms with E-state index in [4.69, 9.17) is 0 Å². The SMILES string of the molecule is O=C(O)C1C2c3ccccc3-c3ccccc3C12. The van der Waals surface area contributed by atoms with Crippen molar-refractivity contribution >= 4 is 5.97 Å². The fourth-order valence-corrected chi connectivity index (χ4v) is 3.46. The topological polar surface area (TPSA) is 37.3 Å². The summed E-state index contributed by atoms with van der Waals surface area (Å²) >= 11 is 0. The zero-order chi connectivity index (χ0) is 12.3. The summed E-state index contributed by atoms with van der Waals surface area (Å²) in [5.74, 6) is -0.562.